The number of aromatic nitrogens is 2. The van der Waals surface area contributed by atoms with Gasteiger partial charge in [0.25, 0.3) is 0 Å². The Morgan fingerprint density at radius 3 is 2.55 bits per heavy atom. The van der Waals surface area contributed by atoms with E-state index in [0.29, 0.717) is 5.82 Å². The van der Waals surface area contributed by atoms with Crippen LogP contribution in [0.4, 0.5) is 5.82 Å². The third-order valence-electron chi connectivity index (χ3n) is 1.09. The van der Waals surface area contributed by atoms with Gasteiger partial charge in [-0.3, -0.25) is 0 Å². The smallest absolute Gasteiger partial charge is 0.153 e. The Labute approximate surface area is 92.5 Å². The summed E-state index contributed by atoms with van der Waals surface area (Å²) >= 11 is 4.50. The van der Waals surface area contributed by atoms with Crippen LogP contribution < -0.4 is 5.73 Å². The van der Waals surface area contributed by atoms with Gasteiger partial charge in [0.2, 0.25) is 0 Å². The molecule has 1 heterocycles. The van der Waals surface area contributed by atoms with Gasteiger partial charge in [-0.25, -0.2) is 9.97 Å². The molecule has 2 N–H and O–H groups in total. The van der Waals surface area contributed by atoms with Gasteiger partial charge in [-0.2, -0.15) is 0 Å². The number of halogens is 2. The van der Waals surface area contributed by atoms with Crippen LogP contribution in [0.5, 0.6) is 0 Å². The third kappa shape index (κ3) is 2.69. The average Bonchev–Trinajstić information content (AvgIpc) is 1.85. The highest BCUT2D eigenvalue weighted by atomic mass is 127. The molecule has 0 aromatic carbocycles. The molecule has 0 bridgehead atoms. The SMILES string of the molecule is Cc1cc(N)nc(C(I)I)n1. The van der Waals surface area contributed by atoms with Crippen LogP contribution in [0.3, 0.4) is 0 Å². The highest BCUT2D eigenvalue weighted by molar-refractivity contribution is 14.2. The lowest BCUT2D eigenvalue weighted by Gasteiger charge is -2.02. The van der Waals surface area contributed by atoms with Crippen LogP contribution in [0, 0.1) is 6.92 Å². The maximum atomic E-state index is 5.54. The Morgan fingerprint density at radius 2 is 2.09 bits per heavy atom. The van der Waals surface area contributed by atoms with Gasteiger partial charge in [-0.05, 0) is 6.92 Å². The van der Waals surface area contributed by atoms with E-state index in [-0.39, 0.29) is 1.93 Å². The van der Waals surface area contributed by atoms with Crippen molar-refractivity contribution in [3.63, 3.8) is 0 Å². The largest absolute Gasteiger partial charge is 0.384 e. The van der Waals surface area contributed by atoms with Crippen molar-refractivity contribution in [3.05, 3.63) is 17.6 Å². The Bertz CT molecular complexity index is 242. The number of anilines is 1. The molecule has 1 rings (SSSR count). The fraction of sp³-hybridized carbons (Fsp3) is 0.333. The lowest BCUT2D eigenvalue weighted by Crippen LogP contribution is -1.99. The molecule has 1 aromatic heterocycles. The molecular weight excluding hydrogens is 368 g/mol. The zero-order valence-corrected chi connectivity index (χ0v) is 10.2. The zero-order valence-electron chi connectivity index (χ0n) is 5.88. The molecule has 0 aliphatic heterocycles. The van der Waals surface area contributed by atoms with Crippen LogP contribution >= 0.6 is 45.2 Å². The number of nitrogens with two attached hydrogens (primary N) is 1. The van der Waals surface area contributed by atoms with Crippen LogP contribution in [-0.4, -0.2) is 9.97 Å². The molecule has 11 heavy (non-hydrogen) atoms. The summed E-state index contributed by atoms with van der Waals surface area (Å²) in [5.41, 5.74) is 6.46. The number of hydrogen-bond donors (Lipinski definition) is 1. The second-order valence-electron chi connectivity index (χ2n) is 2.09. The molecule has 0 atom stereocenters. The highest BCUT2D eigenvalue weighted by Crippen LogP contribution is 2.27. The minimum Gasteiger partial charge on any atom is -0.384 e. The maximum absolute atomic E-state index is 5.54. The Hall–Kier alpha value is 0.340. The molecule has 5 heteroatoms. The van der Waals surface area contributed by atoms with Gasteiger partial charge < -0.3 is 5.73 Å². The number of aryl methyl sites for hydroxylation is 1. The number of nitrogen functional groups attached to an aromatic ring is 1. The highest BCUT2D eigenvalue weighted by Gasteiger charge is 2.06. The summed E-state index contributed by atoms with van der Waals surface area (Å²) < 4.78 is 0.285. The van der Waals surface area contributed by atoms with Crippen LogP contribution in [0.25, 0.3) is 0 Å². The van der Waals surface area contributed by atoms with E-state index in [1.807, 2.05) is 6.92 Å². The third-order valence-corrected chi connectivity index (χ3v) is 2.20. The summed E-state index contributed by atoms with van der Waals surface area (Å²) in [6.07, 6.45) is 0. The average molecular weight is 375 g/mol. The van der Waals surface area contributed by atoms with Crippen molar-refractivity contribution in [2.75, 3.05) is 5.73 Å². The van der Waals surface area contributed by atoms with E-state index in [1.54, 1.807) is 6.07 Å². The van der Waals surface area contributed by atoms with E-state index >= 15 is 0 Å². The number of alkyl halides is 2. The van der Waals surface area contributed by atoms with Crippen molar-refractivity contribution in [2.45, 2.75) is 8.86 Å². The predicted octanol–water partition coefficient (Wildman–Crippen LogP) is 2.24. The minimum atomic E-state index is 0.285. The van der Waals surface area contributed by atoms with Gasteiger partial charge in [-0.1, -0.05) is 45.2 Å². The minimum absolute atomic E-state index is 0.285. The summed E-state index contributed by atoms with van der Waals surface area (Å²) in [6, 6.07) is 1.76. The van der Waals surface area contributed by atoms with Crippen molar-refractivity contribution in [2.24, 2.45) is 0 Å². The zero-order chi connectivity index (χ0) is 8.43. The number of hydrogen-bond acceptors (Lipinski definition) is 3. The molecule has 60 valence electrons. The van der Waals surface area contributed by atoms with Gasteiger partial charge in [0.1, 0.15) is 7.75 Å². The second-order valence-corrected chi connectivity index (χ2v) is 6.97. The van der Waals surface area contributed by atoms with Gasteiger partial charge in [0.05, 0.1) is 0 Å². The Kier molecular flexibility index (Phi) is 3.29. The topological polar surface area (TPSA) is 51.8 Å². The first kappa shape index (κ1) is 9.43. The van der Waals surface area contributed by atoms with Crippen molar-refractivity contribution in [3.8, 4) is 0 Å². The molecule has 0 spiro atoms. The lowest BCUT2D eigenvalue weighted by molar-refractivity contribution is 1.02. The quantitative estimate of drug-likeness (QED) is 0.605. The summed E-state index contributed by atoms with van der Waals surface area (Å²) in [6.45, 7) is 1.91. The van der Waals surface area contributed by atoms with E-state index in [0.717, 1.165) is 11.5 Å². The monoisotopic (exact) mass is 375 g/mol. The molecule has 0 unspecified atom stereocenters. The first-order valence-electron chi connectivity index (χ1n) is 2.99. The molecule has 0 amide bonds. The van der Waals surface area contributed by atoms with Crippen LogP contribution in [-0.2, 0) is 0 Å². The van der Waals surface area contributed by atoms with E-state index in [9.17, 15) is 0 Å². The van der Waals surface area contributed by atoms with Gasteiger partial charge in [-0.15, -0.1) is 0 Å². The maximum Gasteiger partial charge on any atom is 0.153 e. The molecule has 0 saturated heterocycles. The van der Waals surface area contributed by atoms with E-state index in [4.69, 9.17) is 5.73 Å². The Morgan fingerprint density at radius 1 is 1.45 bits per heavy atom. The Balaban J connectivity index is 3.08. The van der Waals surface area contributed by atoms with Crippen LogP contribution in [0.2, 0.25) is 0 Å². The fourth-order valence-electron chi connectivity index (χ4n) is 0.714. The van der Waals surface area contributed by atoms with Gasteiger partial charge >= 0.3 is 0 Å². The standard InChI is InChI=1S/C6H7I2N3/c1-3-2-4(9)11-6(10-3)5(7)8/h2,5H,1H3,(H2,9,10,11). The summed E-state index contributed by atoms with van der Waals surface area (Å²) in [4.78, 5) is 8.31. The van der Waals surface area contributed by atoms with E-state index < -0.39 is 0 Å². The summed E-state index contributed by atoms with van der Waals surface area (Å²) in [7, 11) is 0. The van der Waals surface area contributed by atoms with Crippen molar-refractivity contribution < 1.29 is 0 Å². The molecule has 0 fully saturated rings. The number of nitrogens with zero attached hydrogens (tertiary/aromatic N) is 2. The van der Waals surface area contributed by atoms with Crippen molar-refractivity contribution in [1.82, 2.24) is 9.97 Å². The van der Waals surface area contributed by atoms with Crippen molar-refractivity contribution in [1.29, 1.82) is 0 Å². The van der Waals surface area contributed by atoms with Crippen LogP contribution in [0.1, 0.15) is 13.4 Å². The normalized spacial score (nSPS) is 10.5. The van der Waals surface area contributed by atoms with Crippen LogP contribution in [0.15, 0.2) is 6.07 Å². The molecule has 0 saturated carbocycles. The fourth-order valence-corrected chi connectivity index (χ4v) is 1.27. The van der Waals surface area contributed by atoms with Crippen molar-refractivity contribution >= 4 is 51.0 Å². The molecule has 0 aliphatic carbocycles. The molecule has 0 radical (unpaired) electrons. The van der Waals surface area contributed by atoms with Gasteiger partial charge in [0.15, 0.2) is 5.82 Å². The molecular formula is C6H7I2N3. The number of rotatable bonds is 1. The molecule has 0 aliphatic rings. The molecule has 3 nitrogen and oxygen atoms in total. The van der Waals surface area contributed by atoms with Gasteiger partial charge in [0, 0.05) is 11.8 Å². The first-order chi connectivity index (χ1) is 5.09. The molecule has 1 aromatic rings. The lowest BCUT2D eigenvalue weighted by atomic mass is 10.4. The van der Waals surface area contributed by atoms with E-state index in [1.165, 1.54) is 0 Å². The summed E-state index contributed by atoms with van der Waals surface area (Å²) in [5, 5.41) is 0. The first-order valence-corrected chi connectivity index (χ1v) is 5.48. The second kappa shape index (κ2) is 3.83. The van der Waals surface area contributed by atoms with E-state index in [2.05, 4.69) is 55.1 Å². The predicted molar refractivity (Wildman–Crippen MR) is 62.0 cm³/mol. The summed E-state index contributed by atoms with van der Waals surface area (Å²) in [5.74, 6) is 1.34.